The zero-order chi connectivity index (χ0) is 21.9. The molecule has 0 fully saturated rings. The molecule has 8 nitrogen and oxygen atoms in total. The van der Waals surface area contributed by atoms with Crippen LogP contribution in [-0.2, 0) is 6.42 Å². The number of nitrogens with one attached hydrogen (secondary N) is 2. The summed E-state index contributed by atoms with van der Waals surface area (Å²) in [6.07, 6.45) is 0.673. The second-order valence-corrected chi connectivity index (χ2v) is 6.20. The maximum absolute atomic E-state index is 5.55. The molecule has 0 unspecified atom stereocenters. The lowest BCUT2D eigenvalue weighted by Gasteiger charge is -2.16. The van der Waals surface area contributed by atoms with Crippen LogP contribution in [-0.4, -0.2) is 54.6 Å². The van der Waals surface area contributed by atoms with Gasteiger partial charge in [0.15, 0.2) is 29.0 Å². The number of guanidine groups is 1. The average molecular weight is 545 g/mol. The predicted octanol–water partition coefficient (Wildman–Crippen LogP) is 3.97. The standard InChI is InChI=1S/C22H31N3O5.HI/c1-7-23-22(25-16-9-11-17(26-2)19(14-16)28-4)24-13-12-15-8-10-18(27-3)21(30-6)20(15)29-5;/h8-11,14H,7,12-13H2,1-6H3,(H2,23,24,25);1H. The van der Waals surface area contributed by atoms with Crippen molar-refractivity contribution in [2.45, 2.75) is 13.3 Å². The minimum absolute atomic E-state index is 0. The molecule has 0 aliphatic rings. The first kappa shape index (κ1) is 26.5. The molecule has 0 bridgehead atoms. The summed E-state index contributed by atoms with van der Waals surface area (Å²) in [7, 11) is 8.03. The van der Waals surface area contributed by atoms with Gasteiger partial charge in [-0.3, -0.25) is 4.99 Å². The van der Waals surface area contributed by atoms with E-state index in [0.717, 1.165) is 17.8 Å². The molecule has 0 spiro atoms. The molecule has 0 heterocycles. The van der Waals surface area contributed by atoms with Crippen LogP contribution < -0.4 is 34.3 Å². The monoisotopic (exact) mass is 545 g/mol. The van der Waals surface area contributed by atoms with Gasteiger partial charge >= 0.3 is 0 Å². The van der Waals surface area contributed by atoms with Gasteiger partial charge in [0.05, 0.1) is 35.5 Å². The number of hydrogen-bond acceptors (Lipinski definition) is 6. The highest BCUT2D eigenvalue weighted by molar-refractivity contribution is 14.0. The van der Waals surface area contributed by atoms with Gasteiger partial charge in [0.1, 0.15) is 0 Å². The van der Waals surface area contributed by atoms with Crippen LogP contribution in [0.25, 0.3) is 0 Å². The van der Waals surface area contributed by atoms with Crippen molar-refractivity contribution in [1.82, 2.24) is 5.32 Å². The quantitative estimate of drug-likeness (QED) is 0.266. The molecule has 0 atom stereocenters. The number of ether oxygens (including phenoxy) is 5. The minimum atomic E-state index is 0. The summed E-state index contributed by atoms with van der Waals surface area (Å²) in [5.41, 5.74) is 1.83. The Bertz CT molecular complexity index is 861. The fourth-order valence-corrected chi connectivity index (χ4v) is 3.01. The lowest BCUT2D eigenvalue weighted by atomic mass is 10.1. The first-order chi connectivity index (χ1) is 14.6. The molecule has 0 aliphatic carbocycles. The van der Waals surface area contributed by atoms with E-state index in [-0.39, 0.29) is 24.0 Å². The summed E-state index contributed by atoms with van der Waals surface area (Å²) < 4.78 is 27.0. The number of benzene rings is 2. The zero-order valence-corrected chi connectivity index (χ0v) is 21.2. The van der Waals surface area contributed by atoms with Crippen LogP contribution >= 0.6 is 24.0 Å². The van der Waals surface area contributed by atoms with Crippen molar-refractivity contribution >= 4 is 35.6 Å². The topological polar surface area (TPSA) is 82.6 Å². The van der Waals surface area contributed by atoms with Crippen molar-refractivity contribution in [3.05, 3.63) is 35.9 Å². The van der Waals surface area contributed by atoms with Crippen molar-refractivity contribution in [2.24, 2.45) is 4.99 Å². The molecule has 0 saturated carbocycles. The van der Waals surface area contributed by atoms with Crippen molar-refractivity contribution in [3.63, 3.8) is 0 Å². The predicted molar refractivity (Wildman–Crippen MR) is 134 cm³/mol. The second kappa shape index (κ2) is 13.7. The molecular weight excluding hydrogens is 513 g/mol. The molecule has 0 aromatic heterocycles. The minimum Gasteiger partial charge on any atom is -0.493 e. The van der Waals surface area contributed by atoms with Gasteiger partial charge in [-0.25, -0.2) is 0 Å². The Kier molecular flexibility index (Phi) is 11.7. The van der Waals surface area contributed by atoms with E-state index in [4.69, 9.17) is 23.7 Å². The third-order valence-electron chi connectivity index (χ3n) is 4.43. The van der Waals surface area contributed by atoms with Gasteiger partial charge in [-0.2, -0.15) is 0 Å². The van der Waals surface area contributed by atoms with Crippen molar-refractivity contribution < 1.29 is 23.7 Å². The third kappa shape index (κ3) is 6.98. The summed E-state index contributed by atoms with van der Waals surface area (Å²) in [5, 5.41) is 6.53. The molecule has 31 heavy (non-hydrogen) atoms. The Balaban J connectivity index is 0.00000480. The van der Waals surface area contributed by atoms with E-state index >= 15 is 0 Å². The molecule has 2 aromatic carbocycles. The lowest BCUT2D eigenvalue weighted by molar-refractivity contribution is 0.322. The molecule has 2 aromatic rings. The fraction of sp³-hybridized carbons (Fsp3) is 0.409. The summed E-state index contributed by atoms with van der Waals surface area (Å²) >= 11 is 0. The van der Waals surface area contributed by atoms with Crippen LogP contribution in [0.3, 0.4) is 0 Å². The van der Waals surface area contributed by atoms with E-state index < -0.39 is 0 Å². The SMILES string of the molecule is CCNC(=NCCc1ccc(OC)c(OC)c1OC)Nc1ccc(OC)c(OC)c1.I. The molecule has 0 aliphatic heterocycles. The van der Waals surface area contributed by atoms with Gasteiger partial charge in [0, 0.05) is 30.4 Å². The zero-order valence-electron chi connectivity index (χ0n) is 18.9. The van der Waals surface area contributed by atoms with E-state index in [9.17, 15) is 0 Å². The Labute approximate surface area is 201 Å². The van der Waals surface area contributed by atoms with E-state index in [0.29, 0.717) is 47.7 Å². The van der Waals surface area contributed by atoms with Crippen molar-refractivity contribution in [1.29, 1.82) is 0 Å². The van der Waals surface area contributed by atoms with E-state index in [1.807, 2.05) is 37.3 Å². The number of nitrogens with zero attached hydrogens (tertiary/aromatic N) is 1. The summed E-state index contributed by atoms with van der Waals surface area (Å²) in [5.74, 6) is 3.86. The normalized spacial score (nSPS) is 10.6. The van der Waals surface area contributed by atoms with Crippen molar-refractivity contribution in [3.8, 4) is 28.7 Å². The lowest BCUT2D eigenvalue weighted by Crippen LogP contribution is -2.30. The Morgan fingerprint density at radius 2 is 1.45 bits per heavy atom. The second-order valence-electron chi connectivity index (χ2n) is 6.20. The van der Waals surface area contributed by atoms with Crippen LogP contribution in [0.4, 0.5) is 5.69 Å². The molecule has 0 saturated heterocycles. The van der Waals surface area contributed by atoms with Crippen LogP contribution in [0.2, 0.25) is 0 Å². The summed E-state index contributed by atoms with van der Waals surface area (Å²) in [6.45, 7) is 3.30. The van der Waals surface area contributed by atoms with Crippen LogP contribution in [0.5, 0.6) is 28.7 Å². The van der Waals surface area contributed by atoms with Gasteiger partial charge < -0.3 is 34.3 Å². The molecule has 172 valence electrons. The number of rotatable bonds is 10. The Morgan fingerprint density at radius 1 is 0.806 bits per heavy atom. The molecule has 0 amide bonds. The van der Waals surface area contributed by atoms with Crippen LogP contribution in [0.15, 0.2) is 35.3 Å². The highest BCUT2D eigenvalue weighted by atomic mass is 127. The van der Waals surface area contributed by atoms with Gasteiger partial charge in [-0.05, 0) is 31.5 Å². The first-order valence-corrected chi connectivity index (χ1v) is 9.66. The highest BCUT2D eigenvalue weighted by Gasteiger charge is 2.15. The number of halogens is 1. The largest absolute Gasteiger partial charge is 0.493 e. The average Bonchev–Trinajstić information content (AvgIpc) is 2.78. The Morgan fingerprint density at radius 3 is 2.03 bits per heavy atom. The van der Waals surface area contributed by atoms with Gasteiger partial charge in [0.2, 0.25) is 5.75 Å². The smallest absolute Gasteiger partial charge is 0.203 e. The number of hydrogen-bond donors (Lipinski definition) is 2. The van der Waals surface area contributed by atoms with Crippen molar-refractivity contribution in [2.75, 3.05) is 54.0 Å². The van der Waals surface area contributed by atoms with E-state index in [1.165, 1.54) is 0 Å². The van der Waals surface area contributed by atoms with Crippen LogP contribution in [0.1, 0.15) is 12.5 Å². The first-order valence-electron chi connectivity index (χ1n) is 9.66. The maximum atomic E-state index is 5.55. The Hall–Kier alpha value is -2.56. The van der Waals surface area contributed by atoms with E-state index in [2.05, 4.69) is 15.6 Å². The maximum Gasteiger partial charge on any atom is 0.203 e. The molecule has 0 radical (unpaired) electrons. The number of aliphatic imine (C=N–C) groups is 1. The summed E-state index contributed by atoms with van der Waals surface area (Å²) in [6, 6.07) is 9.45. The van der Waals surface area contributed by atoms with E-state index in [1.54, 1.807) is 35.5 Å². The molecular formula is C22H32IN3O5. The van der Waals surface area contributed by atoms with Gasteiger partial charge in [-0.1, -0.05) is 6.07 Å². The number of methoxy groups -OCH3 is 5. The van der Waals surface area contributed by atoms with Gasteiger partial charge in [0.25, 0.3) is 0 Å². The molecule has 9 heteroatoms. The molecule has 2 N–H and O–H groups in total. The van der Waals surface area contributed by atoms with Gasteiger partial charge in [-0.15, -0.1) is 24.0 Å². The third-order valence-corrected chi connectivity index (χ3v) is 4.43. The summed E-state index contributed by atoms with van der Waals surface area (Å²) in [4.78, 5) is 4.67. The van der Waals surface area contributed by atoms with Crippen LogP contribution in [0, 0.1) is 0 Å². The number of anilines is 1. The molecule has 2 rings (SSSR count). The highest BCUT2D eigenvalue weighted by Crippen LogP contribution is 2.39. The fourth-order valence-electron chi connectivity index (χ4n) is 3.01.